The molecule has 1 aromatic carbocycles. The number of amides is 1. The molecule has 0 spiro atoms. The number of rotatable bonds is 5. The second-order valence-corrected chi connectivity index (χ2v) is 6.30. The van der Waals surface area contributed by atoms with E-state index in [0.29, 0.717) is 22.5 Å². The van der Waals surface area contributed by atoms with Crippen LogP contribution in [0.25, 0.3) is 0 Å². The molecule has 106 valence electrons. The van der Waals surface area contributed by atoms with E-state index in [1.165, 1.54) is 12.1 Å². The molecule has 0 heterocycles. The van der Waals surface area contributed by atoms with E-state index in [1.54, 1.807) is 6.07 Å². The molecule has 1 amide bonds. The van der Waals surface area contributed by atoms with E-state index in [2.05, 4.69) is 35.1 Å². The van der Waals surface area contributed by atoms with Crippen molar-refractivity contribution < 1.29 is 9.18 Å². The molecule has 0 aromatic heterocycles. The molecule has 1 rings (SSSR count). The maximum atomic E-state index is 13.4. The first-order chi connectivity index (χ1) is 8.77. The van der Waals surface area contributed by atoms with Crippen LogP contribution in [0.2, 0.25) is 0 Å². The average Bonchev–Trinajstić information content (AvgIpc) is 2.31. The smallest absolute Gasteiger partial charge is 0.251 e. The fraction of sp³-hybridized carbons (Fsp3) is 0.500. The molecule has 1 aromatic rings. The zero-order chi connectivity index (χ0) is 14.6. The molecule has 3 nitrogen and oxygen atoms in total. The Bertz CT molecular complexity index is 465. The second kappa shape index (κ2) is 6.48. The Balaban J connectivity index is 2.85. The van der Waals surface area contributed by atoms with Crippen LogP contribution < -0.4 is 11.1 Å². The predicted octanol–water partition coefficient (Wildman–Crippen LogP) is 3.08. The normalized spacial score (nSPS) is 14.3. The minimum Gasteiger partial charge on any atom is -0.346 e. The number of halogens is 2. The second-order valence-electron chi connectivity index (χ2n) is 5.45. The molecule has 0 radical (unpaired) electrons. The third-order valence-corrected chi connectivity index (χ3v) is 3.55. The molecule has 1 atom stereocenters. The van der Waals surface area contributed by atoms with Crippen molar-refractivity contribution in [3.05, 3.63) is 34.1 Å². The van der Waals surface area contributed by atoms with Crippen molar-refractivity contribution in [1.82, 2.24) is 5.32 Å². The van der Waals surface area contributed by atoms with Crippen LogP contribution in [0.15, 0.2) is 22.7 Å². The van der Waals surface area contributed by atoms with Gasteiger partial charge in [0.25, 0.3) is 5.91 Å². The molecule has 1 unspecified atom stereocenters. The summed E-state index contributed by atoms with van der Waals surface area (Å²) in [5, 5.41) is 2.89. The van der Waals surface area contributed by atoms with Crippen LogP contribution in [0.1, 0.15) is 37.6 Å². The van der Waals surface area contributed by atoms with Gasteiger partial charge in [-0.1, -0.05) is 13.8 Å². The lowest BCUT2D eigenvalue weighted by Gasteiger charge is -2.31. The number of carbonyl (C=O) groups excluding carboxylic acids is 1. The number of hydrogen-bond acceptors (Lipinski definition) is 2. The molecular formula is C14H20BrFN2O. The number of carbonyl (C=O) groups is 1. The highest BCUT2D eigenvalue weighted by Crippen LogP contribution is 2.19. The van der Waals surface area contributed by atoms with Gasteiger partial charge in [-0.2, -0.15) is 0 Å². The first-order valence-electron chi connectivity index (χ1n) is 6.25. The summed E-state index contributed by atoms with van der Waals surface area (Å²) in [5.74, 6) is -0.346. The topological polar surface area (TPSA) is 55.1 Å². The molecule has 19 heavy (non-hydrogen) atoms. The largest absolute Gasteiger partial charge is 0.346 e. The Kier molecular flexibility index (Phi) is 5.50. The first kappa shape index (κ1) is 16.1. The molecule has 0 bridgehead atoms. The van der Waals surface area contributed by atoms with Crippen molar-refractivity contribution in [2.45, 2.75) is 32.7 Å². The third kappa shape index (κ3) is 4.58. The molecule has 0 saturated heterocycles. The Morgan fingerprint density at radius 1 is 1.53 bits per heavy atom. The van der Waals surface area contributed by atoms with E-state index >= 15 is 0 Å². The van der Waals surface area contributed by atoms with Crippen molar-refractivity contribution in [2.24, 2.45) is 11.7 Å². The summed E-state index contributed by atoms with van der Waals surface area (Å²) in [6.07, 6.45) is 0.772. The van der Waals surface area contributed by atoms with Gasteiger partial charge in [0.15, 0.2) is 0 Å². The Morgan fingerprint density at radius 2 is 2.16 bits per heavy atom. The molecule has 5 heteroatoms. The van der Waals surface area contributed by atoms with Gasteiger partial charge in [0.2, 0.25) is 0 Å². The third-order valence-electron chi connectivity index (χ3n) is 2.91. The van der Waals surface area contributed by atoms with Crippen LogP contribution in [0.3, 0.4) is 0 Å². The van der Waals surface area contributed by atoms with E-state index < -0.39 is 11.4 Å². The van der Waals surface area contributed by atoms with E-state index in [1.807, 2.05) is 6.92 Å². The van der Waals surface area contributed by atoms with Crippen LogP contribution >= 0.6 is 15.9 Å². The van der Waals surface area contributed by atoms with Gasteiger partial charge < -0.3 is 11.1 Å². The van der Waals surface area contributed by atoms with Crippen LogP contribution in [0, 0.1) is 11.7 Å². The summed E-state index contributed by atoms with van der Waals surface area (Å²) in [6.45, 7) is 6.38. The van der Waals surface area contributed by atoms with Gasteiger partial charge in [-0.25, -0.2) is 4.39 Å². The highest BCUT2D eigenvalue weighted by Gasteiger charge is 2.26. The van der Waals surface area contributed by atoms with Crippen molar-refractivity contribution in [1.29, 1.82) is 0 Å². The lowest BCUT2D eigenvalue weighted by molar-refractivity contribution is 0.0898. The fourth-order valence-electron chi connectivity index (χ4n) is 2.07. The van der Waals surface area contributed by atoms with E-state index in [-0.39, 0.29) is 5.91 Å². The average molecular weight is 331 g/mol. The van der Waals surface area contributed by atoms with Crippen molar-refractivity contribution in [3.63, 3.8) is 0 Å². The SMILES string of the molecule is CC(C)CC(C)(CN)NC(=O)c1ccc(Br)c(F)c1. The molecule has 0 aliphatic carbocycles. The molecule has 0 saturated carbocycles. The number of nitrogens with two attached hydrogens (primary N) is 1. The lowest BCUT2D eigenvalue weighted by Crippen LogP contribution is -2.52. The summed E-state index contributed by atoms with van der Waals surface area (Å²) in [5.41, 5.74) is 5.56. The monoisotopic (exact) mass is 330 g/mol. The fourth-order valence-corrected chi connectivity index (χ4v) is 2.32. The van der Waals surface area contributed by atoms with Gasteiger partial charge >= 0.3 is 0 Å². The van der Waals surface area contributed by atoms with Gasteiger partial charge in [0, 0.05) is 17.6 Å². The van der Waals surface area contributed by atoms with E-state index in [0.717, 1.165) is 6.42 Å². The molecular weight excluding hydrogens is 311 g/mol. The van der Waals surface area contributed by atoms with Gasteiger partial charge in [0.1, 0.15) is 5.82 Å². The standard InChI is InChI=1S/C14H20BrFN2O/c1-9(2)7-14(3,8-17)18-13(19)10-4-5-11(15)12(16)6-10/h4-6,9H,7-8,17H2,1-3H3,(H,18,19). The summed E-state index contributed by atoms with van der Waals surface area (Å²) in [4.78, 5) is 12.1. The zero-order valence-corrected chi connectivity index (χ0v) is 13.1. The van der Waals surface area contributed by atoms with Crippen LogP contribution in [-0.4, -0.2) is 18.0 Å². The summed E-state index contributed by atoms with van der Waals surface area (Å²) in [6, 6.07) is 4.31. The van der Waals surface area contributed by atoms with Gasteiger partial charge in [-0.3, -0.25) is 4.79 Å². The minimum atomic E-state index is -0.477. The molecule has 3 N–H and O–H groups in total. The van der Waals surface area contributed by atoms with Crippen LogP contribution in [0.4, 0.5) is 4.39 Å². The van der Waals surface area contributed by atoms with Crippen LogP contribution in [-0.2, 0) is 0 Å². The Hall–Kier alpha value is -0.940. The zero-order valence-electron chi connectivity index (χ0n) is 11.5. The predicted molar refractivity (Wildman–Crippen MR) is 78.5 cm³/mol. The summed E-state index contributed by atoms with van der Waals surface area (Å²) in [7, 11) is 0. The molecule has 0 fully saturated rings. The Labute approximate surface area is 121 Å². The van der Waals surface area contributed by atoms with Crippen molar-refractivity contribution in [3.8, 4) is 0 Å². The van der Waals surface area contributed by atoms with E-state index in [9.17, 15) is 9.18 Å². The number of hydrogen-bond donors (Lipinski definition) is 2. The van der Waals surface area contributed by atoms with Crippen molar-refractivity contribution >= 4 is 21.8 Å². The summed E-state index contributed by atoms with van der Waals surface area (Å²) < 4.78 is 13.8. The van der Waals surface area contributed by atoms with Gasteiger partial charge in [-0.15, -0.1) is 0 Å². The number of nitrogens with one attached hydrogen (secondary N) is 1. The highest BCUT2D eigenvalue weighted by molar-refractivity contribution is 9.10. The molecule has 0 aliphatic rings. The Morgan fingerprint density at radius 3 is 2.63 bits per heavy atom. The van der Waals surface area contributed by atoms with Gasteiger partial charge in [-0.05, 0) is 53.4 Å². The van der Waals surface area contributed by atoms with E-state index in [4.69, 9.17) is 5.73 Å². The van der Waals surface area contributed by atoms with Crippen LogP contribution in [0.5, 0.6) is 0 Å². The minimum absolute atomic E-state index is 0.295. The quantitative estimate of drug-likeness (QED) is 0.871. The first-order valence-corrected chi connectivity index (χ1v) is 7.04. The number of benzene rings is 1. The lowest BCUT2D eigenvalue weighted by atomic mass is 9.90. The van der Waals surface area contributed by atoms with Crippen molar-refractivity contribution in [2.75, 3.05) is 6.54 Å². The molecule has 0 aliphatic heterocycles. The van der Waals surface area contributed by atoms with Gasteiger partial charge in [0.05, 0.1) is 4.47 Å². The maximum absolute atomic E-state index is 13.4. The highest BCUT2D eigenvalue weighted by atomic mass is 79.9. The maximum Gasteiger partial charge on any atom is 0.251 e. The summed E-state index contributed by atoms with van der Waals surface area (Å²) >= 11 is 3.06.